The maximum atomic E-state index is 3.85. The molecule has 3 aliphatic rings. The van der Waals surface area contributed by atoms with Crippen LogP contribution in [0.5, 0.6) is 0 Å². The van der Waals surface area contributed by atoms with Crippen molar-refractivity contribution in [2.45, 2.75) is 88.6 Å². The first kappa shape index (κ1) is 18.4. The van der Waals surface area contributed by atoms with Crippen molar-refractivity contribution in [3.63, 3.8) is 0 Å². The van der Waals surface area contributed by atoms with Crippen LogP contribution in [0.4, 0.5) is 0 Å². The van der Waals surface area contributed by atoms with E-state index in [0.29, 0.717) is 24.2 Å². The van der Waals surface area contributed by atoms with E-state index in [0.717, 1.165) is 26.2 Å². The van der Waals surface area contributed by atoms with Crippen molar-refractivity contribution < 1.29 is 0 Å². The van der Waals surface area contributed by atoms with E-state index >= 15 is 0 Å². The minimum atomic E-state index is 0.609. The number of benzene rings is 1. The van der Waals surface area contributed by atoms with Gasteiger partial charge in [0.2, 0.25) is 0 Å². The monoisotopic (exact) mass is 356 g/mol. The smallest absolute Gasteiger partial charge is 0.0224 e. The molecule has 0 unspecified atom stereocenters. The Hall–Kier alpha value is -0.940. The lowest BCUT2D eigenvalue weighted by atomic mass is 9.89. The summed E-state index contributed by atoms with van der Waals surface area (Å²) < 4.78 is 0. The third-order valence-electron chi connectivity index (χ3n) is 6.60. The Kier molecular flexibility index (Phi) is 6.60. The van der Waals surface area contributed by atoms with Crippen molar-refractivity contribution in [3.8, 4) is 0 Å². The molecule has 1 aliphatic heterocycles. The number of rotatable bonds is 0. The van der Waals surface area contributed by atoms with Gasteiger partial charge in [0.15, 0.2) is 0 Å². The van der Waals surface area contributed by atoms with Crippen LogP contribution >= 0.6 is 0 Å². The summed E-state index contributed by atoms with van der Waals surface area (Å²) in [6.45, 7) is 4.14. The van der Waals surface area contributed by atoms with Gasteiger partial charge in [0, 0.05) is 50.3 Å². The molecule has 1 aromatic carbocycles. The Balaban J connectivity index is 1.47. The molecule has 0 radical (unpaired) electrons. The van der Waals surface area contributed by atoms with Gasteiger partial charge >= 0.3 is 0 Å². The number of fused-ring (bicyclic) bond motifs is 4. The molecule has 4 atom stereocenters. The van der Waals surface area contributed by atoms with Crippen LogP contribution in [0.1, 0.15) is 62.5 Å². The average molecular weight is 357 g/mol. The van der Waals surface area contributed by atoms with Crippen molar-refractivity contribution in [1.29, 1.82) is 0 Å². The third kappa shape index (κ3) is 4.86. The largest absolute Gasteiger partial charge is 0.311 e. The van der Waals surface area contributed by atoms with E-state index in [4.69, 9.17) is 0 Å². The van der Waals surface area contributed by atoms with Gasteiger partial charge in [-0.05, 0) is 36.8 Å². The second-order valence-electron chi connectivity index (χ2n) is 8.48. The first-order valence-electron chi connectivity index (χ1n) is 10.9. The fourth-order valence-corrected chi connectivity index (χ4v) is 5.10. The second-order valence-corrected chi connectivity index (χ2v) is 8.48. The first-order chi connectivity index (χ1) is 12.9. The molecule has 2 fully saturated rings. The molecule has 2 aliphatic carbocycles. The van der Waals surface area contributed by atoms with E-state index < -0.39 is 0 Å². The van der Waals surface area contributed by atoms with Crippen LogP contribution < -0.4 is 21.3 Å². The molecule has 4 N–H and O–H groups in total. The molecule has 2 bridgehead atoms. The summed E-state index contributed by atoms with van der Waals surface area (Å²) in [6.07, 6.45) is 10.7. The minimum absolute atomic E-state index is 0.609. The molecular formula is C22H36N4. The van der Waals surface area contributed by atoms with Crippen molar-refractivity contribution >= 4 is 0 Å². The molecule has 4 nitrogen and oxygen atoms in total. The summed E-state index contributed by atoms with van der Waals surface area (Å²) in [6, 6.07) is 11.6. The van der Waals surface area contributed by atoms with Gasteiger partial charge in [-0.2, -0.15) is 0 Å². The highest BCUT2D eigenvalue weighted by molar-refractivity contribution is 5.23. The summed E-state index contributed by atoms with van der Waals surface area (Å²) in [7, 11) is 0. The highest BCUT2D eigenvalue weighted by atomic mass is 15.1. The Morgan fingerprint density at radius 2 is 1.00 bits per heavy atom. The van der Waals surface area contributed by atoms with Crippen molar-refractivity contribution in [1.82, 2.24) is 21.3 Å². The van der Waals surface area contributed by atoms with E-state index in [1.165, 1.54) is 62.5 Å². The molecule has 1 heterocycles. The molecule has 4 heteroatoms. The Labute approximate surface area is 158 Å². The number of hydrogen-bond acceptors (Lipinski definition) is 4. The van der Waals surface area contributed by atoms with Crippen molar-refractivity contribution in [2.24, 2.45) is 0 Å². The average Bonchev–Trinajstić information content (AvgIpc) is 2.69. The topological polar surface area (TPSA) is 48.1 Å². The minimum Gasteiger partial charge on any atom is -0.311 e. The van der Waals surface area contributed by atoms with E-state index in [2.05, 4.69) is 45.5 Å². The van der Waals surface area contributed by atoms with Crippen molar-refractivity contribution in [2.75, 3.05) is 13.1 Å². The van der Waals surface area contributed by atoms with Crippen molar-refractivity contribution in [3.05, 3.63) is 35.4 Å². The molecule has 0 spiro atoms. The number of hydrogen-bond donors (Lipinski definition) is 4. The fraction of sp³-hybridized carbons (Fsp3) is 0.727. The van der Waals surface area contributed by atoms with Crippen LogP contribution in [0, 0.1) is 0 Å². The quantitative estimate of drug-likeness (QED) is 0.577. The van der Waals surface area contributed by atoms with Crippen LogP contribution in [-0.2, 0) is 13.1 Å². The third-order valence-corrected chi connectivity index (χ3v) is 6.60. The van der Waals surface area contributed by atoms with Gasteiger partial charge in [0.05, 0.1) is 0 Å². The van der Waals surface area contributed by atoms with Crippen LogP contribution in [0.2, 0.25) is 0 Å². The summed E-state index contributed by atoms with van der Waals surface area (Å²) in [4.78, 5) is 0. The highest BCUT2D eigenvalue weighted by Crippen LogP contribution is 2.21. The predicted molar refractivity (Wildman–Crippen MR) is 108 cm³/mol. The maximum Gasteiger partial charge on any atom is 0.0224 e. The van der Waals surface area contributed by atoms with Crippen LogP contribution in [0.3, 0.4) is 0 Å². The lowest BCUT2D eigenvalue weighted by Gasteiger charge is -2.35. The summed E-state index contributed by atoms with van der Waals surface area (Å²) in [5, 5.41) is 15.4. The maximum absolute atomic E-state index is 3.85. The molecule has 144 valence electrons. The Morgan fingerprint density at radius 1 is 0.577 bits per heavy atom. The Bertz CT molecular complexity index is 516. The number of nitrogens with one attached hydrogen (secondary N) is 4. The lowest BCUT2D eigenvalue weighted by Crippen LogP contribution is -2.53. The zero-order valence-corrected chi connectivity index (χ0v) is 16.1. The van der Waals surface area contributed by atoms with E-state index in [1.807, 2.05) is 0 Å². The highest BCUT2D eigenvalue weighted by Gasteiger charge is 2.26. The standard InChI is InChI=1S/C22H36N4/c1-3-10-21-19(8-1)23-12-13-24-20-9-2-4-11-22(20)26-16-18-7-5-6-17(14-18)15-25-21/h5-7,14,19-26H,1-4,8-13,15-16H2/t19-,20-,21-,22-/m1/s1. The molecule has 0 amide bonds. The summed E-state index contributed by atoms with van der Waals surface area (Å²) in [5.41, 5.74) is 2.84. The molecule has 4 rings (SSSR count). The van der Waals surface area contributed by atoms with Gasteiger partial charge in [-0.3, -0.25) is 0 Å². The normalized spacial score (nSPS) is 34.0. The Morgan fingerprint density at radius 3 is 1.46 bits per heavy atom. The summed E-state index contributed by atoms with van der Waals surface area (Å²) >= 11 is 0. The van der Waals surface area contributed by atoms with Crippen LogP contribution in [0.25, 0.3) is 0 Å². The second kappa shape index (κ2) is 9.32. The molecule has 1 aromatic rings. The van der Waals surface area contributed by atoms with Crippen LogP contribution in [0.15, 0.2) is 24.3 Å². The van der Waals surface area contributed by atoms with Gasteiger partial charge < -0.3 is 21.3 Å². The molecule has 26 heavy (non-hydrogen) atoms. The zero-order chi connectivity index (χ0) is 17.6. The van der Waals surface area contributed by atoms with E-state index in [-0.39, 0.29) is 0 Å². The molecule has 2 saturated carbocycles. The van der Waals surface area contributed by atoms with Gasteiger partial charge in [-0.25, -0.2) is 0 Å². The van der Waals surface area contributed by atoms with Gasteiger partial charge in [-0.1, -0.05) is 49.9 Å². The fourth-order valence-electron chi connectivity index (χ4n) is 5.10. The van der Waals surface area contributed by atoms with Gasteiger partial charge in [-0.15, -0.1) is 0 Å². The lowest BCUT2D eigenvalue weighted by molar-refractivity contribution is 0.266. The summed E-state index contributed by atoms with van der Waals surface area (Å²) in [5.74, 6) is 0. The zero-order valence-electron chi connectivity index (χ0n) is 16.1. The SMILES string of the molecule is c1cc2cc(c1)CN[C@@H]1CCCC[C@H]1NCCN[C@@H]1CCCC[C@H]1NC2. The molecular weight excluding hydrogens is 320 g/mol. The van der Waals surface area contributed by atoms with Gasteiger partial charge in [0.25, 0.3) is 0 Å². The van der Waals surface area contributed by atoms with Crippen LogP contribution in [-0.4, -0.2) is 37.3 Å². The first-order valence-corrected chi connectivity index (χ1v) is 10.9. The predicted octanol–water partition coefficient (Wildman–Crippen LogP) is 2.68. The van der Waals surface area contributed by atoms with E-state index in [1.54, 1.807) is 0 Å². The van der Waals surface area contributed by atoms with Gasteiger partial charge in [0.1, 0.15) is 0 Å². The van der Waals surface area contributed by atoms with E-state index in [9.17, 15) is 0 Å². The molecule has 0 saturated heterocycles. The molecule has 0 aromatic heterocycles.